The van der Waals surface area contributed by atoms with Crippen LogP contribution in [0.3, 0.4) is 0 Å². The molecule has 0 spiro atoms. The maximum atomic E-state index is 12.1. The summed E-state index contributed by atoms with van der Waals surface area (Å²) in [5.74, 6) is 1.58. The lowest BCUT2D eigenvalue weighted by atomic mass is 10.1. The number of carbonyl (C=O) groups excluding carboxylic acids is 1. The van der Waals surface area contributed by atoms with E-state index in [1.807, 2.05) is 62.4 Å². The van der Waals surface area contributed by atoms with Crippen LogP contribution in [0.4, 0.5) is 5.69 Å². The molecular formula is C22H30N4O2. The van der Waals surface area contributed by atoms with Crippen LogP contribution in [0.15, 0.2) is 53.5 Å². The third-order valence-electron chi connectivity index (χ3n) is 4.58. The Morgan fingerprint density at radius 1 is 1.11 bits per heavy atom. The number of guanidine groups is 1. The SMILES string of the molecule is CCC(C)C(=O)Nc1cccc(CNC(=NC)NCc2ccccc2OC)c1. The molecule has 1 atom stereocenters. The van der Waals surface area contributed by atoms with E-state index in [2.05, 4.69) is 20.9 Å². The Morgan fingerprint density at radius 2 is 1.86 bits per heavy atom. The molecule has 0 aromatic heterocycles. The van der Waals surface area contributed by atoms with Crippen LogP contribution < -0.4 is 20.7 Å². The van der Waals surface area contributed by atoms with Crippen molar-refractivity contribution >= 4 is 17.6 Å². The van der Waals surface area contributed by atoms with Crippen molar-refractivity contribution in [1.29, 1.82) is 0 Å². The summed E-state index contributed by atoms with van der Waals surface area (Å²) in [4.78, 5) is 16.3. The molecule has 150 valence electrons. The minimum atomic E-state index is -0.000198. The molecule has 0 radical (unpaired) electrons. The number of hydrogen-bond acceptors (Lipinski definition) is 3. The van der Waals surface area contributed by atoms with E-state index in [0.29, 0.717) is 19.0 Å². The van der Waals surface area contributed by atoms with Crippen LogP contribution in [0, 0.1) is 5.92 Å². The molecular weight excluding hydrogens is 352 g/mol. The van der Waals surface area contributed by atoms with Gasteiger partial charge in [0, 0.05) is 37.3 Å². The maximum absolute atomic E-state index is 12.1. The summed E-state index contributed by atoms with van der Waals surface area (Å²) in [5.41, 5.74) is 2.92. The van der Waals surface area contributed by atoms with Crippen LogP contribution in [0.25, 0.3) is 0 Å². The van der Waals surface area contributed by atoms with Crippen molar-refractivity contribution in [3.63, 3.8) is 0 Å². The van der Waals surface area contributed by atoms with E-state index >= 15 is 0 Å². The van der Waals surface area contributed by atoms with Gasteiger partial charge in [0.05, 0.1) is 7.11 Å². The number of aliphatic imine (C=N–C) groups is 1. The van der Waals surface area contributed by atoms with Gasteiger partial charge >= 0.3 is 0 Å². The number of hydrogen-bond donors (Lipinski definition) is 3. The number of methoxy groups -OCH3 is 1. The van der Waals surface area contributed by atoms with E-state index in [9.17, 15) is 4.79 Å². The summed E-state index contributed by atoms with van der Waals surface area (Å²) in [6.07, 6.45) is 0.821. The fourth-order valence-electron chi connectivity index (χ4n) is 2.64. The molecule has 0 saturated heterocycles. The van der Waals surface area contributed by atoms with Crippen LogP contribution in [0.1, 0.15) is 31.4 Å². The zero-order valence-corrected chi connectivity index (χ0v) is 17.1. The number of ether oxygens (including phenoxy) is 1. The topological polar surface area (TPSA) is 74.8 Å². The first-order chi connectivity index (χ1) is 13.6. The largest absolute Gasteiger partial charge is 0.496 e. The number of carbonyl (C=O) groups is 1. The second kappa shape index (κ2) is 11.0. The number of para-hydroxylation sites is 1. The van der Waals surface area contributed by atoms with Gasteiger partial charge in [0.1, 0.15) is 5.75 Å². The van der Waals surface area contributed by atoms with Gasteiger partial charge in [-0.15, -0.1) is 0 Å². The highest BCUT2D eigenvalue weighted by atomic mass is 16.5. The summed E-state index contributed by atoms with van der Waals surface area (Å²) in [6, 6.07) is 15.7. The van der Waals surface area contributed by atoms with E-state index in [1.165, 1.54) is 0 Å². The summed E-state index contributed by atoms with van der Waals surface area (Å²) < 4.78 is 5.38. The molecule has 0 fully saturated rings. The second-order valence-electron chi connectivity index (χ2n) is 6.59. The molecule has 2 aromatic rings. The van der Waals surface area contributed by atoms with E-state index in [0.717, 1.165) is 29.0 Å². The van der Waals surface area contributed by atoms with E-state index in [1.54, 1.807) is 14.2 Å². The van der Waals surface area contributed by atoms with Crippen molar-refractivity contribution in [3.05, 3.63) is 59.7 Å². The zero-order valence-electron chi connectivity index (χ0n) is 17.1. The van der Waals surface area contributed by atoms with Crippen LogP contribution in [-0.4, -0.2) is 26.0 Å². The molecule has 0 bridgehead atoms. The van der Waals surface area contributed by atoms with Gasteiger partial charge in [-0.3, -0.25) is 9.79 Å². The Balaban J connectivity index is 1.91. The third kappa shape index (κ3) is 6.30. The first-order valence-corrected chi connectivity index (χ1v) is 9.53. The van der Waals surface area contributed by atoms with Gasteiger partial charge in [0.2, 0.25) is 5.91 Å². The van der Waals surface area contributed by atoms with Gasteiger partial charge in [-0.2, -0.15) is 0 Å². The molecule has 0 aliphatic rings. The summed E-state index contributed by atoms with van der Waals surface area (Å²) in [6.45, 7) is 5.14. The summed E-state index contributed by atoms with van der Waals surface area (Å²) in [7, 11) is 3.40. The quantitative estimate of drug-likeness (QED) is 0.482. The van der Waals surface area contributed by atoms with Crippen molar-refractivity contribution in [1.82, 2.24) is 10.6 Å². The molecule has 0 aliphatic heterocycles. The van der Waals surface area contributed by atoms with E-state index in [-0.39, 0.29) is 11.8 Å². The smallest absolute Gasteiger partial charge is 0.227 e. The molecule has 1 unspecified atom stereocenters. The highest BCUT2D eigenvalue weighted by Crippen LogP contribution is 2.16. The fourth-order valence-corrected chi connectivity index (χ4v) is 2.64. The van der Waals surface area contributed by atoms with Crippen molar-refractivity contribution in [2.75, 3.05) is 19.5 Å². The average molecular weight is 383 g/mol. The zero-order chi connectivity index (χ0) is 20.4. The molecule has 6 heteroatoms. The molecule has 0 aliphatic carbocycles. The Kier molecular flexibility index (Phi) is 8.34. The van der Waals surface area contributed by atoms with Crippen molar-refractivity contribution in [2.45, 2.75) is 33.4 Å². The standard InChI is InChI=1S/C22H30N4O2/c1-5-16(2)21(27)26-19-11-8-9-17(13-19)14-24-22(23-3)25-15-18-10-6-7-12-20(18)28-4/h6-13,16H,5,14-15H2,1-4H3,(H,26,27)(H2,23,24,25). The molecule has 2 aromatic carbocycles. The predicted molar refractivity (Wildman–Crippen MR) is 115 cm³/mol. The first-order valence-electron chi connectivity index (χ1n) is 9.53. The molecule has 2 rings (SSSR count). The van der Waals surface area contributed by atoms with Gasteiger partial charge in [0.15, 0.2) is 5.96 Å². The lowest BCUT2D eigenvalue weighted by Crippen LogP contribution is -2.36. The van der Waals surface area contributed by atoms with Gasteiger partial charge in [0.25, 0.3) is 0 Å². The summed E-state index contributed by atoms with van der Waals surface area (Å²) in [5, 5.41) is 9.55. The predicted octanol–water partition coefficient (Wildman–Crippen LogP) is 3.55. The fraction of sp³-hybridized carbons (Fsp3) is 0.364. The Morgan fingerprint density at radius 3 is 2.57 bits per heavy atom. The molecule has 0 saturated carbocycles. The molecule has 3 N–H and O–H groups in total. The lowest BCUT2D eigenvalue weighted by molar-refractivity contribution is -0.119. The Hall–Kier alpha value is -3.02. The van der Waals surface area contributed by atoms with Crippen molar-refractivity contribution in [2.24, 2.45) is 10.9 Å². The van der Waals surface area contributed by atoms with Crippen LogP contribution in [-0.2, 0) is 17.9 Å². The lowest BCUT2D eigenvalue weighted by Gasteiger charge is -2.14. The van der Waals surface area contributed by atoms with Gasteiger partial charge < -0.3 is 20.7 Å². The Bertz CT molecular complexity index is 805. The van der Waals surface area contributed by atoms with Crippen LogP contribution in [0.5, 0.6) is 5.75 Å². The number of benzene rings is 2. The molecule has 6 nitrogen and oxygen atoms in total. The van der Waals surface area contributed by atoms with Crippen molar-refractivity contribution in [3.8, 4) is 5.75 Å². The summed E-state index contributed by atoms with van der Waals surface area (Å²) >= 11 is 0. The van der Waals surface area contributed by atoms with E-state index in [4.69, 9.17) is 4.74 Å². The van der Waals surface area contributed by atoms with E-state index < -0.39 is 0 Å². The number of anilines is 1. The van der Waals surface area contributed by atoms with Gasteiger partial charge in [-0.05, 0) is 30.2 Å². The highest BCUT2D eigenvalue weighted by molar-refractivity contribution is 5.92. The number of rotatable bonds is 8. The molecule has 28 heavy (non-hydrogen) atoms. The van der Waals surface area contributed by atoms with Gasteiger partial charge in [-0.1, -0.05) is 44.2 Å². The number of amides is 1. The van der Waals surface area contributed by atoms with Crippen molar-refractivity contribution < 1.29 is 9.53 Å². The average Bonchev–Trinajstić information content (AvgIpc) is 2.73. The van der Waals surface area contributed by atoms with Gasteiger partial charge in [-0.25, -0.2) is 0 Å². The minimum Gasteiger partial charge on any atom is -0.496 e. The monoisotopic (exact) mass is 382 g/mol. The minimum absolute atomic E-state index is 0.000198. The maximum Gasteiger partial charge on any atom is 0.227 e. The third-order valence-corrected chi connectivity index (χ3v) is 4.58. The Labute approximate surface area is 167 Å². The second-order valence-corrected chi connectivity index (χ2v) is 6.59. The molecule has 0 heterocycles. The number of nitrogens with zero attached hydrogens (tertiary/aromatic N) is 1. The van der Waals surface area contributed by atoms with Crippen LogP contribution >= 0.6 is 0 Å². The number of nitrogens with one attached hydrogen (secondary N) is 3. The highest BCUT2D eigenvalue weighted by Gasteiger charge is 2.10. The first kappa shape index (κ1) is 21.3. The van der Waals surface area contributed by atoms with Crippen LogP contribution in [0.2, 0.25) is 0 Å². The molecule has 1 amide bonds. The normalized spacial score (nSPS) is 12.2.